The van der Waals surface area contributed by atoms with E-state index in [0.717, 1.165) is 12.8 Å². The minimum atomic E-state index is -1.47. The van der Waals surface area contributed by atoms with Crippen molar-refractivity contribution in [3.8, 4) is 0 Å². The second-order valence-corrected chi connectivity index (χ2v) is 4.36. The van der Waals surface area contributed by atoms with Gasteiger partial charge >= 0.3 is 8.03 Å². The van der Waals surface area contributed by atoms with Crippen LogP contribution >= 0.6 is 8.03 Å². The average molecular weight is 173 g/mol. The maximum absolute atomic E-state index is 11.3. The maximum atomic E-state index is 11.3. The number of hydrogen-bond donors (Lipinski definition) is 0. The Hall–Kier alpha value is -0.360. The predicted molar refractivity (Wildman–Crippen MR) is 45.8 cm³/mol. The van der Waals surface area contributed by atoms with Crippen molar-refractivity contribution in [3.63, 3.8) is 0 Å². The largest absolute Gasteiger partial charge is 0.558 e. The summed E-state index contributed by atoms with van der Waals surface area (Å²) in [6.07, 6.45) is 7.09. The van der Waals surface area contributed by atoms with Crippen molar-refractivity contribution in [2.24, 2.45) is 0 Å². The van der Waals surface area contributed by atoms with E-state index >= 15 is 0 Å². The lowest BCUT2D eigenvalue weighted by molar-refractivity contribution is 0.420. The molecule has 1 aliphatic carbocycles. The van der Waals surface area contributed by atoms with Crippen LogP contribution in [0, 0.1) is 0 Å². The third-order valence-electron chi connectivity index (χ3n) is 2.05. The Bertz CT molecular complexity index is 150. The first-order valence-corrected chi connectivity index (χ1v) is 5.33. The Morgan fingerprint density at radius 2 is 2.00 bits per heavy atom. The van der Waals surface area contributed by atoms with Crippen LogP contribution < -0.4 is 0 Å². The van der Waals surface area contributed by atoms with E-state index in [-0.39, 0.29) is 5.66 Å². The fourth-order valence-electron chi connectivity index (χ4n) is 1.45. The maximum Gasteiger partial charge on any atom is 0.558 e. The molecule has 62 valence electrons. The molecule has 0 aromatic rings. The molecule has 1 unspecified atom stereocenters. The van der Waals surface area contributed by atoms with Crippen LogP contribution in [0.5, 0.6) is 0 Å². The van der Waals surface area contributed by atoms with Gasteiger partial charge in [0.05, 0.1) is 0 Å². The molecular weight excluding hydrogens is 159 g/mol. The summed E-state index contributed by atoms with van der Waals surface area (Å²) in [6, 6.07) is 0. The van der Waals surface area contributed by atoms with Gasteiger partial charge in [0.15, 0.2) is 5.66 Å². The van der Waals surface area contributed by atoms with Crippen molar-refractivity contribution in [2.45, 2.75) is 37.8 Å². The molecule has 0 radical (unpaired) electrons. The lowest BCUT2D eigenvalue weighted by Gasteiger charge is -2.10. The highest BCUT2D eigenvalue weighted by atomic mass is 31.1. The fourth-order valence-corrected chi connectivity index (χ4v) is 2.56. The van der Waals surface area contributed by atoms with E-state index in [4.69, 9.17) is 4.52 Å². The zero-order valence-electron chi connectivity index (χ0n) is 6.66. The van der Waals surface area contributed by atoms with Crippen LogP contribution in [0.1, 0.15) is 32.1 Å². The first kappa shape index (κ1) is 8.73. The van der Waals surface area contributed by atoms with Gasteiger partial charge in [-0.25, -0.2) is 0 Å². The van der Waals surface area contributed by atoms with Crippen LogP contribution in [0.2, 0.25) is 0 Å². The minimum absolute atomic E-state index is 0.289. The topological polar surface area (TPSA) is 26.3 Å². The zero-order valence-corrected chi connectivity index (χ0v) is 7.56. The molecule has 0 spiro atoms. The van der Waals surface area contributed by atoms with Crippen molar-refractivity contribution >= 4 is 8.03 Å². The Kier molecular flexibility index (Phi) is 3.58. The van der Waals surface area contributed by atoms with E-state index in [1.54, 1.807) is 0 Å². The average Bonchev–Trinajstić information content (AvgIpc) is 2.07. The Morgan fingerprint density at radius 3 is 2.55 bits per heavy atom. The quantitative estimate of drug-likeness (QED) is 0.483. The first-order chi connectivity index (χ1) is 5.34. The van der Waals surface area contributed by atoms with Crippen LogP contribution in [0.4, 0.5) is 0 Å². The van der Waals surface area contributed by atoms with Gasteiger partial charge in [-0.2, -0.15) is 0 Å². The summed E-state index contributed by atoms with van der Waals surface area (Å²) >= 11 is 0. The number of hydrogen-bond acceptors (Lipinski definition) is 2. The van der Waals surface area contributed by atoms with Crippen molar-refractivity contribution in [2.75, 3.05) is 0 Å². The molecule has 1 rings (SSSR count). The van der Waals surface area contributed by atoms with Gasteiger partial charge in [-0.15, -0.1) is 0 Å². The normalized spacial score (nSPS) is 20.9. The highest BCUT2D eigenvalue weighted by Crippen LogP contribution is 2.39. The molecule has 3 heteroatoms. The SMILES string of the molecule is C=CO[P+](=O)C1CCCCC1. The Morgan fingerprint density at radius 1 is 1.36 bits per heavy atom. The standard InChI is InChI=1S/C8H14O2P/c1-2-10-11(9)8-6-4-3-5-7-8/h2,8H,1,3-7H2/q+1. The van der Waals surface area contributed by atoms with Crippen LogP contribution in [0.25, 0.3) is 0 Å². The molecule has 0 N–H and O–H groups in total. The van der Waals surface area contributed by atoms with E-state index in [1.165, 1.54) is 25.5 Å². The molecule has 0 amide bonds. The van der Waals surface area contributed by atoms with E-state index in [9.17, 15) is 4.57 Å². The Balaban J connectivity index is 2.32. The van der Waals surface area contributed by atoms with Gasteiger partial charge in [-0.1, -0.05) is 13.0 Å². The second-order valence-electron chi connectivity index (χ2n) is 2.85. The monoisotopic (exact) mass is 173 g/mol. The van der Waals surface area contributed by atoms with Crippen LogP contribution in [0.15, 0.2) is 12.8 Å². The van der Waals surface area contributed by atoms with Crippen LogP contribution in [0.3, 0.4) is 0 Å². The molecule has 0 saturated heterocycles. The lowest BCUT2D eigenvalue weighted by Crippen LogP contribution is -2.07. The van der Waals surface area contributed by atoms with Gasteiger partial charge in [0.25, 0.3) is 0 Å². The first-order valence-electron chi connectivity index (χ1n) is 4.08. The molecule has 0 aliphatic heterocycles. The van der Waals surface area contributed by atoms with Crippen molar-refractivity contribution in [1.29, 1.82) is 0 Å². The smallest absolute Gasteiger partial charge is 0.263 e. The highest BCUT2D eigenvalue weighted by molar-refractivity contribution is 7.40. The highest BCUT2D eigenvalue weighted by Gasteiger charge is 2.33. The van der Waals surface area contributed by atoms with Crippen molar-refractivity contribution < 1.29 is 9.09 Å². The van der Waals surface area contributed by atoms with Gasteiger partial charge < -0.3 is 0 Å². The summed E-state index contributed by atoms with van der Waals surface area (Å²) in [7, 11) is -1.47. The molecule has 1 atom stereocenters. The summed E-state index contributed by atoms with van der Waals surface area (Å²) in [5.41, 5.74) is 0.289. The van der Waals surface area contributed by atoms with E-state index in [0.29, 0.717) is 0 Å². The van der Waals surface area contributed by atoms with Gasteiger partial charge in [-0.3, -0.25) is 4.52 Å². The lowest BCUT2D eigenvalue weighted by atomic mass is 10.0. The van der Waals surface area contributed by atoms with Crippen LogP contribution in [-0.2, 0) is 9.09 Å². The van der Waals surface area contributed by atoms with Crippen LogP contribution in [-0.4, -0.2) is 5.66 Å². The number of rotatable bonds is 3. The molecule has 1 aliphatic rings. The van der Waals surface area contributed by atoms with Gasteiger partial charge in [0, 0.05) is 0 Å². The van der Waals surface area contributed by atoms with Gasteiger partial charge in [0.1, 0.15) is 6.26 Å². The predicted octanol–water partition coefficient (Wildman–Crippen LogP) is 3.22. The van der Waals surface area contributed by atoms with Crippen molar-refractivity contribution in [3.05, 3.63) is 12.8 Å². The third kappa shape index (κ3) is 2.63. The molecule has 0 bridgehead atoms. The molecule has 11 heavy (non-hydrogen) atoms. The molecule has 0 heterocycles. The molecule has 0 aromatic heterocycles. The molecular formula is C8H14O2P+. The van der Waals surface area contributed by atoms with Gasteiger partial charge in [0.2, 0.25) is 0 Å². The van der Waals surface area contributed by atoms with Gasteiger partial charge in [-0.05, 0) is 30.2 Å². The van der Waals surface area contributed by atoms with Crippen molar-refractivity contribution in [1.82, 2.24) is 0 Å². The second kappa shape index (κ2) is 4.50. The summed E-state index contributed by atoms with van der Waals surface area (Å²) in [6.45, 7) is 3.39. The fraction of sp³-hybridized carbons (Fsp3) is 0.750. The zero-order chi connectivity index (χ0) is 8.10. The molecule has 2 nitrogen and oxygen atoms in total. The summed E-state index contributed by atoms with van der Waals surface area (Å²) in [5.74, 6) is 0. The summed E-state index contributed by atoms with van der Waals surface area (Å²) in [5, 5.41) is 0. The summed E-state index contributed by atoms with van der Waals surface area (Å²) in [4.78, 5) is 0. The Labute approximate surface area is 68.5 Å². The molecule has 0 aromatic carbocycles. The summed E-state index contributed by atoms with van der Waals surface area (Å²) < 4.78 is 16.1. The third-order valence-corrected chi connectivity index (χ3v) is 3.52. The van der Waals surface area contributed by atoms with E-state index in [1.807, 2.05) is 0 Å². The van der Waals surface area contributed by atoms with E-state index < -0.39 is 8.03 Å². The minimum Gasteiger partial charge on any atom is -0.263 e. The molecule has 1 saturated carbocycles. The molecule has 1 fully saturated rings. The van der Waals surface area contributed by atoms with E-state index in [2.05, 4.69) is 6.58 Å².